The Morgan fingerprint density at radius 3 is 2.23 bits per heavy atom. The standard InChI is InChI=1S/C10H23NOS/c1-8(6-7-13-5)11(4)9(2)10(3)12/h8-10,12H,6-7H2,1-5H3. The van der Waals surface area contributed by atoms with Gasteiger partial charge in [-0.3, -0.25) is 4.90 Å². The van der Waals surface area contributed by atoms with Crippen LogP contribution in [0.25, 0.3) is 0 Å². The summed E-state index contributed by atoms with van der Waals surface area (Å²) >= 11 is 1.88. The molecule has 3 unspecified atom stereocenters. The van der Waals surface area contributed by atoms with Gasteiger partial charge in [0.15, 0.2) is 0 Å². The van der Waals surface area contributed by atoms with Gasteiger partial charge in [-0.25, -0.2) is 0 Å². The smallest absolute Gasteiger partial charge is 0.0664 e. The highest BCUT2D eigenvalue weighted by Gasteiger charge is 2.18. The van der Waals surface area contributed by atoms with Gasteiger partial charge in [0.25, 0.3) is 0 Å². The molecule has 0 bridgehead atoms. The summed E-state index contributed by atoms with van der Waals surface area (Å²) in [5.74, 6) is 1.19. The van der Waals surface area contributed by atoms with E-state index >= 15 is 0 Å². The molecule has 80 valence electrons. The summed E-state index contributed by atoms with van der Waals surface area (Å²) in [6, 6.07) is 0.800. The maximum atomic E-state index is 9.42. The molecule has 0 radical (unpaired) electrons. The fourth-order valence-corrected chi connectivity index (χ4v) is 1.81. The van der Waals surface area contributed by atoms with Gasteiger partial charge in [-0.2, -0.15) is 11.8 Å². The lowest BCUT2D eigenvalue weighted by atomic mass is 10.1. The molecule has 0 aromatic carbocycles. The number of rotatable bonds is 6. The molecular formula is C10H23NOS. The Hall–Kier alpha value is 0.270. The van der Waals surface area contributed by atoms with Crippen LogP contribution in [0.5, 0.6) is 0 Å². The zero-order valence-electron chi connectivity index (χ0n) is 9.45. The number of nitrogens with zero attached hydrogens (tertiary/aromatic N) is 1. The van der Waals surface area contributed by atoms with Gasteiger partial charge in [-0.1, -0.05) is 0 Å². The number of aliphatic hydroxyl groups excluding tert-OH is 1. The van der Waals surface area contributed by atoms with E-state index in [2.05, 4.69) is 32.1 Å². The molecule has 0 aliphatic carbocycles. The number of hydrogen-bond acceptors (Lipinski definition) is 3. The van der Waals surface area contributed by atoms with E-state index in [1.54, 1.807) is 0 Å². The molecule has 0 spiro atoms. The Balaban J connectivity index is 3.86. The van der Waals surface area contributed by atoms with Crippen molar-refractivity contribution in [2.45, 2.75) is 45.4 Å². The van der Waals surface area contributed by atoms with Gasteiger partial charge in [0.05, 0.1) is 6.10 Å². The Morgan fingerprint density at radius 1 is 1.31 bits per heavy atom. The largest absolute Gasteiger partial charge is 0.392 e. The van der Waals surface area contributed by atoms with E-state index in [0.29, 0.717) is 6.04 Å². The quantitative estimate of drug-likeness (QED) is 0.715. The zero-order valence-corrected chi connectivity index (χ0v) is 10.3. The number of aliphatic hydroxyl groups is 1. The summed E-state index contributed by atoms with van der Waals surface area (Å²) in [7, 11) is 2.09. The maximum absolute atomic E-state index is 9.42. The van der Waals surface area contributed by atoms with Crippen LogP contribution in [0.4, 0.5) is 0 Å². The van der Waals surface area contributed by atoms with Crippen molar-refractivity contribution in [3.05, 3.63) is 0 Å². The number of hydrogen-bond donors (Lipinski definition) is 1. The van der Waals surface area contributed by atoms with E-state index < -0.39 is 0 Å². The minimum absolute atomic E-state index is 0.247. The number of likely N-dealkylation sites (N-methyl/N-ethyl adjacent to an activating group) is 1. The third-order valence-electron chi connectivity index (χ3n) is 2.78. The number of thioether (sulfide) groups is 1. The summed E-state index contributed by atoms with van der Waals surface area (Å²) in [6.45, 7) is 6.14. The molecule has 0 fully saturated rings. The van der Waals surface area contributed by atoms with Crippen LogP contribution >= 0.6 is 11.8 Å². The molecule has 2 nitrogen and oxygen atoms in total. The summed E-state index contributed by atoms with van der Waals surface area (Å²) in [5, 5.41) is 9.42. The Labute approximate surface area is 86.7 Å². The lowest BCUT2D eigenvalue weighted by molar-refractivity contribution is 0.0650. The molecule has 0 saturated carbocycles. The third-order valence-corrected chi connectivity index (χ3v) is 3.42. The second-order valence-corrected chi connectivity index (χ2v) is 4.76. The second-order valence-electron chi connectivity index (χ2n) is 3.78. The minimum atomic E-state index is -0.248. The molecular weight excluding hydrogens is 182 g/mol. The van der Waals surface area contributed by atoms with Crippen LogP contribution in [0.1, 0.15) is 27.2 Å². The predicted octanol–water partition coefficient (Wildman–Crippen LogP) is 1.83. The minimum Gasteiger partial charge on any atom is -0.392 e. The Bertz CT molecular complexity index is 130. The first kappa shape index (κ1) is 13.3. The van der Waals surface area contributed by atoms with Gasteiger partial charge < -0.3 is 5.11 Å². The molecule has 1 N–H and O–H groups in total. The fraction of sp³-hybridized carbons (Fsp3) is 1.00. The van der Waals surface area contributed by atoms with Crippen LogP contribution in [0, 0.1) is 0 Å². The average molecular weight is 205 g/mol. The van der Waals surface area contributed by atoms with E-state index in [1.165, 1.54) is 12.2 Å². The van der Waals surface area contributed by atoms with Crippen LogP contribution < -0.4 is 0 Å². The van der Waals surface area contributed by atoms with Gasteiger partial charge in [0, 0.05) is 12.1 Å². The van der Waals surface area contributed by atoms with Crippen molar-refractivity contribution in [2.75, 3.05) is 19.1 Å². The van der Waals surface area contributed by atoms with Gasteiger partial charge >= 0.3 is 0 Å². The highest BCUT2D eigenvalue weighted by molar-refractivity contribution is 7.98. The SMILES string of the molecule is CSCCC(C)N(C)C(C)C(C)O. The molecule has 3 heteroatoms. The van der Waals surface area contributed by atoms with Crippen molar-refractivity contribution >= 4 is 11.8 Å². The Kier molecular flexibility index (Phi) is 6.82. The summed E-state index contributed by atoms with van der Waals surface area (Å²) in [5.41, 5.74) is 0. The first-order chi connectivity index (χ1) is 6.00. The fourth-order valence-electron chi connectivity index (χ4n) is 1.23. The predicted molar refractivity (Wildman–Crippen MR) is 61.4 cm³/mol. The molecule has 3 atom stereocenters. The van der Waals surface area contributed by atoms with Gasteiger partial charge in [-0.15, -0.1) is 0 Å². The lowest BCUT2D eigenvalue weighted by Crippen LogP contribution is -2.42. The molecule has 0 rings (SSSR count). The van der Waals surface area contributed by atoms with Crippen LogP contribution in [-0.4, -0.2) is 47.3 Å². The topological polar surface area (TPSA) is 23.5 Å². The molecule has 0 saturated heterocycles. The molecule has 0 aliphatic heterocycles. The highest BCUT2D eigenvalue weighted by Crippen LogP contribution is 2.11. The van der Waals surface area contributed by atoms with E-state index in [0.717, 1.165) is 0 Å². The summed E-state index contributed by atoms with van der Waals surface area (Å²) < 4.78 is 0. The van der Waals surface area contributed by atoms with Gasteiger partial charge in [0.2, 0.25) is 0 Å². The van der Waals surface area contributed by atoms with Crippen LogP contribution in [0.15, 0.2) is 0 Å². The van der Waals surface area contributed by atoms with E-state index in [4.69, 9.17) is 0 Å². The van der Waals surface area contributed by atoms with Crippen molar-refractivity contribution in [3.8, 4) is 0 Å². The normalized spacial score (nSPS) is 18.7. The van der Waals surface area contributed by atoms with Crippen LogP contribution in [-0.2, 0) is 0 Å². The highest BCUT2D eigenvalue weighted by atomic mass is 32.2. The summed E-state index contributed by atoms with van der Waals surface area (Å²) in [6.07, 6.45) is 3.07. The molecule has 0 aromatic heterocycles. The van der Waals surface area contributed by atoms with Crippen LogP contribution in [0.2, 0.25) is 0 Å². The molecule has 0 aliphatic rings. The van der Waals surface area contributed by atoms with Crippen molar-refractivity contribution in [1.82, 2.24) is 4.90 Å². The van der Waals surface area contributed by atoms with E-state index in [-0.39, 0.29) is 12.1 Å². The van der Waals surface area contributed by atoms with Crippen molar-refractivity contribution in [1.29, 1.82) is 0 Å². The maximum Gasteiger partial charge on any atom is 0.0664 e. The van der Waals surface area contributed by atoms with Crippen molar-refractivity contribution < 1.29 is 5.11 Å². The Morgan fingerprint density at radius 2 is 1.85 bits per heavy atom. The first-order valence-corrected chi connectivity index (χ1v) is 6.29. The van der Waals surface area contributed by atoms with Crippen LogP contribution in [0.3, 0.4) is 0 Å². The lowest BCUT2D eigenvalue weighted by Gasteiger charge is -2.32. The molecule has 0 amide bonds. The molecule has 0 heterocycles. The van der Waals surface area contributed by atoms with E-state index in [1.807, 2.05) is 18.7 Å². The third kappa shape index (κ3) is 4.89. The zero-order chi connectivity index (χ0) is 10.4. The second kappa shape index (κ2) is 6.68. The van der Waals surface area contributed by atoms with Crippen molar-refractivity contribution in [2.24, 2.45) is 0 Å². The van der Waals surface area contributed by atoms with E-state index in [9.17, 15) is 5.11 Å². The van der Waals surface area contributed by atoms with Gasteiger partial charge in [0.1, 0.15) is 0 Å². The van der Waals surface area contributed by atoms with Gasteiger partial charge in [-0.05, 0) is 46.2 Å². The first-order valence-electron chi connectivity index (χ1n) is 4.89. The average Bonchev–Trinajstić information content (AvgIpc) is 2.11. The summed E-state index contributed by atoms with van der Waals surface area (Å²) in [4.78, 5) is 2.25. The molecule has 0 aromatic rings. The van der Waals surface area contributed by atoms with Crippen molar-refractivity contribution in [3.63, 3.8) is 0 Å². The monoisotopic (exact) mass is 205 g/mol. The molecule has 13 heavy (non-hydrogen) atoms.